The van der Waals surface area contributed by atoms with Crippen LogP contribution in [-0.2, 0) is 11.3 Å². The van der Waals surface area contributed by atoms with Crippen molar-refractivity contribution in [3.05, 3.63) is 35.6 Å². The molecule has 1 aliphatic rings. The normalized spacial score (nSPS) is 16.6. The summed E-state index contributed by atoms with van der Waals surface area (Å²) in [6.07, 6.45) is 7.17. The van der Waals surface area contributed by atoms with Crippen molar-refractivity contribution in [2.75, 3.05) is 6.54 Å². The highest BCUT2D eigenvalue weighted by atomic mass is 19.1. The number of rotatable bonds is 5. The SMILES string of the molecule is O=C(CNCc1cccc(F)c1)NC1CCCCCC1. The van der Waals surface area contributed by atoms with Gasteiger partial charge in [0.05, 0.1) is 6.54 Å². The highest BCUT2D eigenvalue weighted by Gasteiger charge is 2.14. The first-order valence-electron chi connectivity index (χ1n) is 7.48. The number of hydrogen-bond acceptors (Lipinski definition) is 2. The third-order valence-electron chi connectivity index (χ3n) is 3.72. The van der Waals surface area contributed by atoms with Crippen LogP contribution in [-0.4, -0.2) is 18.5 Å². The summed E-state index contributed by atoms with van der Waals surface area (Å²) in [5.41, 5.74) is 0.854. The summed E-state index contributed by atoms with van der Waals surface area (Å²) in [5.74, 6) is -0.208. The molecule has 0 atom stereocenters. The average Bonchev–Trinajstić information content (AvgIpc) is 2.67. The van der Waals surface area contributed by atoms with Crippen LogP contribution in [0.2, 0.25) is 0 Å². The number of hydrogen-bond donors (Lipinski definition) is 2. The van der Waals surface area contributed by atoms with Crippen LogP contribution in [0.5, 0.6) is 0 Å². The Morgan fingerprint density at radius 2 is 1.95 bits per heavy atom. The average molecular weight is 278 g/mol. The third kappa shape index (κ3) is 5.29. The van der Waals surface area contributed by atoms with Crippen molar-refractivity contribution in [2.45, 2.75) is 51.1 Å². The van der Waals surface area contributed by atoms with E-state index in [1.807, 2.05) is 6.07 Å². The molecule has 0 aromatic heterocycles. The summed E-state index contributed by atoms with van der Waals surface area (Å²) in [6, 6.07) is 6.76. The second-order valence-corrected chi connectivity index (χ2v) is 5.49. The van der Waals surface area contributed by atoms with E-state index in [1.54, 1.807) is 6.07 Å². The molecule has 2 N–H and O–H groups in total. The largest absolute Gasteiger partial charge is 0.352 e. The maximum atomic E-state index is 13.0. The predicted octanol–water partition coefficient (Wildman–Crippen LogP) is 2.75. The van der Waals surface area contributed by atoms with Crippen LogP contribution >= 0.6 is 0 Å². The number of nitrogens with one attached hydrogen (secondary N) is 2. The van der Waals surface area contributed by atoms with E-state index in [0.717, 1.165) is 18.4 Å². The van der Waals surface area contributed by atoms with Crippen molar-refractivity contribution in [1.82, 2.24) is 10.6 Å². The lowest BCUT2D eigenvalue weighted by Crippen LogP contribution is -2.40. The topological polar surface area (TPSA) is 41.1 Å². The van der Waals surface area contributed by atoms with Crippen LogP contribution < -0.4 is 10.6 Å². The van der Waals surface area contributed by atoms with E-state index in [0.29, 0.717) is 12.6 Å². The second-order valence-electron chi connectivity index (χ2n) is 5.49. The van der Waals surface area contributed by atoms with Crippen molar-refractivity contribution in [2.24, 2.45) is 0 Å². The molecule has 110 valence electrons. The van der Waals surface area contributed by atoms with Crippen LogP contribution in [0.15, 0.2) is 24.3 Å². The molecule has 1 aliphatic carbocycles. The van der Waals surface area contributed by atoms with Crippen LogP contribution in [0.4, 0.5) is 4.39 Å². The molecule has 3 nitrogen and oxygen atoms in total. The first kappa shape index (κ1) is 15.0. The van der Waals surface area contributed by atoms with Gasteiger partial charge in [0, 0.05) is 12.6 Å². The number of halogens is 1. The van der Waals surface area contributed by atoms with Crippen molar-refractivity contribution in [3.63, 3.8) is 0 Å². The molecule has 1 saturated carbocycles. The van der Waals surface area contributed by atoms with E-state index >= 15 is 0 Å². The Hall–Kier alpha value is -1.42. The molecular weight excluding hydrogens is 255 g/mol. The fraction of sp³-hybridized carbons (Fsp3) is 0.562. The number of carbonyl (C=O) groups excluding carboxylic acids is 1. The minimum absolute atomic E-state index is 0.0355. The Labute approximate surface area is 120 Å². The Kier molecular flexibility index (Phi) is 5.99. The van der Waals surface area contributed by atoms with Gasteiger partial charge in [-0.15, -0.1) is 0 Å². The van der Waals surface area contributed by atoms with Gasteiger partial charge in [-0.2, -0.15) is 0 Å². The first-order chi connectivity index (χ1) is 9.74. The highest BCUT2D eigenvalue weighted by Crippen LogP contribution is 2.16. The lowest BCUT2D eigenvalue weighted by atomic mass is 10.1. The third-order valence-corrected chi connectivity index (χ3v) is 3.72. The molecule has 0 saturated heterocycles. The fourth-order valence-electron chi connectivity index (χ4n) is 2.67. The molecule has 0 unspecified atom stereocenters. The molecule has 0 radical (unpaired) electrons. The van der Waals surface area contributed by atoms with Gasteiger partial charge in [0.25, 0.3) is 0 Å². The quantitative estimate of drug-likeness (QED) is 0.813. The van der Waals surface area contributed by atoms with Crippen molar-refractivity contribution >= 4 is 5.91 Å². The summed E-state index contributed by atoms with van der Waals surface area (Å²) in [5, 5.41) is 6.14. The Morgan fingerprint density at radius 1 is 1.20 bits per heavy atom. The molecule has 1 fully saturated rings. The van der Waals surface area contributed by atoms with Gasteiger partial charge < -0.3 is 10.6 Å². The van der Waals surface area contributed by atoms with Gasteiger partial charge in [0.15, 0.2) is 0 Å². The summed E-state index contributed by atoms with van der Waals surface area (Å²) < 4.78 is 13.0. The standard InChI is InChI=1S/C16H23FN2O/c17-14-7-5-6-13(10-14)11-18-12-16(20)19-15-8-3-1-2-4-9-15/h5-7,10,15,18H,1-4,8-9,11-12H2,(H,19,20). The highest BCUT2D eigenvalue weighted by molar-refractivity contribution is 5.78. The van der Waals surface area contributed by atoms with Gasteiger partial charge >= 0.3 is 0 Å². The summed E-state index contributed by atoms with van der Waals surface area (Å²) in [6.45, 7) is 0.795. The zero-order valence-electron chi connectivity index (χ0n) is 11.8. The molecule has 0 bridgehead atoms. The molecule has 2 rings (SSSR count). The lowest BCUT2D eigenvalue weighted by Gasteiger charge is -2.16. The molecule has 20 heavy (non-hydrogen) atoms. The molecule has 1 amide bonds. The van der Waals surface area contributed by atoms with E-state index < -0.39 is 0 Å². The van der Waals surface area contributed by atoms with E-state index in [4.69, 9.17) is 0 Å². The molecule has 1 aromatic rings. The monoisotopic (exact) mass is 278 g/mol. The van der Waals surface area contributed by atoms with Crippen molar-refractivity contribution in [1.29, 1.82) is 0 Å². The van der Waals surface area contributed by atoms with Crippen LogP contribution in [0, 0.1) is 5.82 Å². The van der Waals surface area contributed by atoms with E-state index in [9.17, 15) is 9.18 Å². The smallest absolute Gasteiger partial charge is 0.234 e. The van der Waals surface area contributed by atoms with Crippen molar-refractivity contribution in [3.8, 4) is 0 Å². The van der Waals surface area contributed by atoms with Gasteiger partial charge in [-0.25, -0.2) is 4.39 Å². The molecule has 1 aromatic carbocycles. The lowest BCUT2D eigenvalue weighted by molar-refractivity contribution is -0.121. The van der Waals surface area contributed by atoms with E-state index in [1.165, 1.54) is 37.8 Å². The second kappa shape index (κ2) is 8.00. The van der Waals surface area contributed by atoms with Gasteiger partial charge in [0.2, 0.25) is 5.91 Å². The van der Waals surface area contributed by atoms with Crippen LogP contribution in [0.25, 0.3) is 0 Å². The summed E-state index contributed by atoms with van der Waals surface area (Å²) in [4.78, 5) is 11.8. The molecule has 0 heterocycles. The number of benzene rings is 1. The maximum absolute atomic E-state index is 13.0. The zero-order chi connectivity index (χ0) is 14.2. The molecule has 0 spiro atoms. The van der Waals surface area contributed by atoms with Crippen LogP contribution in [0.1, 0.15) is 44.1 Å². The molecule has 0 aliphatic heterocycles. The van der Waals surface area contributed by atoms with E-state index in [-0.39, 0.29) is 18.3 Å². The van der Waals surface area contributed by atoms with Crippen LogP contribution in [0.3, 0.4) is 0 Å². The Balaban J connectivity index is 1.67. The minimum atomic E-state index is -0.243. The van der Waals surface area contributed by atoms with Gasteiger partial charge in [-0.3, -0.25) is 4.79 Å². The minimum Gasteiger partial charge on any atom is -0.352 e. The van der Waals surface area contributed by atoms with Gasteiger partial charge in [-0.1, -0.05) is 37.8 Å². The summed E-state index contributed by atoms with van der Waals surface area (Å²) >= 11 is 0. The molecule has 4 heteroatoms. The fourth-order valence-corrected chi connectivity index (χ4v) is 2.67. The maximum Gasteiger partial charge on any atom is 0.234 e. The first-order valence-corrected chi connectivity index (χ1v) is 7.48. The van der Waals surface area contributed by atoms with Gasteiger partial charge in [0.1, 0.15) is 5.82 Å². The predicted molar refractivity (Wildman–Crippen MR) is 77.7 cm³/mol. The van der Waals surface area contributed by atoms with Crippen molar-refractivity contribution < 1.29 is 9.18 Å². The van der Waals surface area contributed by atoms with E-state index in [2.05, 4.69) is 10.6 Å². The number of carbonyl (C=O) groups is 1. The van der Waals surface area contributed by atoms with Gasteiger partial charge in [-0.05, 0) is 30.5 Å². The molecular formula is C16H23FN2O. The zero-order valence-corrected chi connectivity index (χ0v) is 11.8. The number of amides is 1. The Morgan fingerprint density at radius 3 is 2.65 bits per heavy atom. The summed E-state index contributed by atoms with van der Waals surface area (Å²) in [7, 11) is 0. The Bertz CT molecular complexity index is 428.